The van der Waals surface area contributed by atoms with Gasteiger partial charge in [0.2, 0.25) is 0 Å². The summed E-state index contributed by atoms with van der Waals surface area (Å²) in [6.45, 7) is 5.34. The highest BCUT2D eigenvalue weighted by Gasteiger charge is 2.24. The molecule has 0 N–H and O–H groups in total. The molecule has 4 rings (SSSR count). The summed E-state index contributed by atoms with van der Waals surface area (Å²) in [6.07, 6.45) is 3.58. The Balaban J connectivity index is 1.37. The molecule has 0 bridgehead atoms. The number of benzene rings is 2. The zero-order chi connectivity index (χ0) is 24.9. The topological polar surface area (TPSA) is 64.4 Å². The van der Waals surface area contributed by atoms with Crippen LogP contribution in [-0.4, -0.2) is 46.8 Å². The summed E-state index contributed by atoms with van der Waals surface area (Å²) < 4.78 is 20.1. The maximum Gasteiger partial charge on any atom is 0.305 e. The third-order valence-corrected chi connectivity index (χ3v) is 6.92. The van der Waals surface area contributed by atoms with Crippen LogP contribution in [-0.2, 0) is 22.4 Å². The summed E-state index contributed by atoms with van der Waals surface area (Å²) in [5.74, 6) is 0.0596. The minimum Gasteiger partial charge on any atom is -0.469 e. The fourth-order valence-corrected chi connectivity index (χ4v) is 4.88. The maximum atomic E-state index is 13.5. The first-order chi connectivity index (χ1) is 16.9. The molecule has 0 aliphatic carbocycles. The molecule has 1 saturated heterocycles. The van der Waals surface area contributed by atoms with Gasteiger partial charge in [-0.1, -0.05) is 12.1 Å². The minimum atomic E-state index is -0.239. The lowest BCUT2D eigenvalue weighted by Gasteiger charge is -2.32. The summed E-state index contributed by atoms with van der Waals surface area (Å²) in [6, 6.07) is 14.3. The summed E-state index contributed by atoms with van der Waals surface area (Å²) in [4.78, 5) is 26.5. The second-order valence-corrected chi connectivity index (χ2v) is 9.25. The SMILES string of the molecule is COC(=O)CCc1c(C)nn(-c2ccc(C(=O)N3CCC(Cc4cccc(F)c4)CC3)cc2)c1C. The molecule has 0 atom stereocenters. The number of esters is 1. The first kappa shape index (κ1) is 24.6. The van der Waals surface area contributed by atoms with Crippen LogP contribution < -0.4 is 0 Å². The number of nitrogens with zero attached hydrogens (tertiary/aromatic N) is 3. The number of methoxy groups -OCH3 is 1. The molecule has 184 valence electrons. The van der Waals surface area contributed by atoms with Gasteiger partial charge in [-0.3, -0.25) is 9.59 Å². The molecule has 1 aliphatic rings. The predicted molar refractivity (Wildman–Crippen MR) is 132 cm³/mol. The zero-order valence-electron chi connectivity index (χ0n) is 20.6. The van der Waals surface area contributed by atoms with E-state index in [0.717, 1.165) is 47.5 Å². The molecule has 3 aromatic rings. The molecule has 6 nitrogen and oxygen atoms in total. The Morgan fingerprint density at radius 2 is 1.80 bits per heavy atom. The van der Waals surface area contributed by atoms with Crippen LogP contribution in [0.3, 0.4) is 0 Å². The van der Waals surface area contributed by atoms with Crippen LogP contribution in [0.2, 0.25) is 0 Å². The van der Waals surface area contributed by atoms with Crippen molar-refractivity contribution in [3.8, 4) is 5.69 Å². The van der Waals surface area contributed by atoms with Gasteiger partial charge in [-0.15, -0.1) is 0 Å². The number of aryl methyl sites for hydroxylation is 1. The first-order valence-electron chi connectivity index (χ1n) is 12.1. The number of halogens is 1. The summed E-state index contributed by atoms with van der Waals surface area (Å²) in [7, 11) is 1.39. The van der Waals surface area contributed by atoms with Gasteiger partial charge in [-0.05, 0) is 93.0 Å². The van der Waals surface area contributed by atoms with Crippen LogP contribution in [0, 0.1) is 25.6 Å². The Morgan fingerprint density at radius 3 is 2.46 bits per heavy atom. The monoisotopic (exact) mass is 477 g/mol. The van der Waals surface area contributed by atoms with Crippen LogP contribution in [0.5, 0.6) is 0 Å². The van der Waals surface area contributed by atoms with Crippen molar-refractivity contribution in [2.24, 2.45) is 5.92 Å². The van der Waals surface area contributed by atoms with E-state index in [1.54, 1.807) is 12.1 Å². The van der Waals surface area contributed by atoms with Crippen LogP contribution in [0.15, 0.2) is 48.5 Å². The van der Waals surface area contributed by atoms with Crippen molar-refractivity contribution >= 4 is 11.9 Å². The van der Waals surface area contributed by atoms with Crippen molar-refractivity contribution in [1.82, 2.24) is 14.7 Å². The Labute approximate surface area is 205 Å². The number of aromatic nitrogens is 2. The van der Waals surface area contributed by atoms with Crippen molar-refractivity contribution in [3.63, 3.8) is 0 Å². The van der Waals surface area contributed by atoms with E-state index < -0.39 is 0 Å². The summed E-state index contributed by atoms with van der Waals surface area (Å²) >= 11 is 0. The van der Waals surface area contributed by atoms with Gasteiger partial charge in [0.1, 0.15) is 5.82 Å². The average molecular weight is 478 g/mol. The van der Waals surface area contributed by atoms with Gasteiger partial charge in [0, 0.05) is 30.8 Å². The number of piperidine rings is 1. The molecule has 7 heteroatoms. The Bertz CT molecular complexity index is 1190. The minimum absolute atomic E-state index is 0.0351. The number of hydrogen-bond acceptors (Lipinski definition) is 4. The quantitative estimate of drug-likeness (QED) is 0.458. The highest BCUT2D eigenvalue weighted by atomic mass is 19.1. The summed E-state index contributed by atoms with van der Waals surface area (Å²) in [5.41, 5.74) is 5.45. The largest absolute Gasteiger partial charge is 0.469 e. The zero-order valence-corrected chi connectivity index (χ0v) is 20.6. The van der Waals surface area contributed by atoms with E-state index in [4.69, 9.17) is 4.74 Å². The fourth-order valence-electron chi connectivity index (χ4n) is 4.88. The fraction of sp³-hybridized carbons (Fsp3) is 0.393. The van der Waals surface area contributed by atoms with E-state index in [0.29, 0.717) is 37.4 Å². The molecule has 1 fully saturated rings. The molecular formula is C28H32FN3O3. The van der Waals surface area contributed by atoms with Gasteiger partial charge < -0.3 is 9.64 Å². The molecule has 1 aromatic heterocycles. The standard InChI is InChI=1S/C28H32FN3O3/c1-19-26(11-12-27(33)35-3)20(2)32(30-19)25-9-7-23(8-10-25)28(34)31-15-13-21(14-16-31)17-22-5-4-6-24(29)18-22/h4-10,18,21H,11-17H2,1-3H3. The van der Waals surface area contributed by atoms with Crippen LogP contribution in [0.1, 0.15) is 52.1 Å². The molecular weight excluding hydrogens is 445 g/mol. The molecule has 0 saturated carbocycles. The Morgan fingerprint density at radius 1 is 1.09 bits per heavy atom. The lowest BCUT2D eigenvalue weighted by molar-refractivity contribution is -0.140. The van der Waals surface area contributed by atoms with Crippen molar-refractivity contribution in [2.75, 3.05) is 20.2 Å². The van der Waals surface area contributed by atoms with Crippen LogP contribution in [0.4, 0.5) is 4.39 Å². The average Bonchev–Trinajstić information content (AvgIpc) is 3.15. The lowest BCUT2D eigenvalue weighted by atomic mass is 9.90. The first-order valence-corrected chi connectivity index (χ1v) is 12.1. The van der Waals surface area contributed by atoms with E-state index in [-0.39, 0.29) is 17.7 Å². The van der Waals surface area contributed by atoms with Crippen molar-refractivity contribution < 1.29 is 18.7 Å². The van der Waals surface area contributed by atoms with Crippen LogP contribution in [0.25, 0.3) is 5.69 Å². The van der Waals surface area contributed by atoms with Gasteiger partial charge >= 0.3 is 5.97 Å². The van der Waals surface area contributed by atoms with Gasteiger partial charge in [-0.25, -0.2) is 9.07 Å². The van der Waals surface area contributed by atoms with Crippen molar-refractivity contribution in [2.45, 2.75) is 46.0 Å². The normalized spacial score (nSPS) is 14.2. The molecule has 1 amide bonds. The predicted octanol–water partition coefficient (Wildman–Crippen LogP) is 4.83. The molecule has 35 heavy (non-hydrogen) atoms. The van der Waals surface area contributed by atoms with Gasteiger partial charge in [-0.2, -0.15) is 5.10 Å². The molecule has 2 aromatic carbocycles. The smallest absolute Gasteiger partial charge is 0.305 e. The Kier molecular flexibility index (Phi) is 7.63. The van der Waals surface area contributed by atoms with Gasteiger partial charge in [0.05, 0.1) is 18.5 Å². The second-order valence-electron chi connectivity index (χ2n) is 9.25. The van der Waals surface area contributed by atoms with Gasteiger partial charge in [0.25, 0.3) is 5.91 Å². The van der Waals surface area contributed by atoms with Crippen molar-refractivity contribution in [1.29, 1.82) is 0 Å². The third-order valence-electron chi connectivity index (χ3n) is 6.92. The van der Waals surface area contributed by atoms with Gasteiger partial charge in [0.15, 0.2) is 0 Å². The second kappa shape index (κ2) is 10.8. The number of hydrogen-bond donors (Lipinski definition) is 0. The number of amides is 1. The lowest BCUT2D eigenvalue weighted by Crippen LogP contribution is -2.38. The highest BCUT2D eigenvalue weighted by molar-refractivity contribution is 5.94. The van der Waals surface area contributed by atoms with Crippen LogP contribution >= 0.6 is 0 Å². The molecule has 0 radical (unpaired) electrons. The number of likely N-dealkylation sites (tertiary alicyclic amines) is 1. The summed E-state index contributed by atoms with van der Waals surface area (Å²) in [5, 5.41) is 4.64. The number of ether oxygens (including phenoxy) is 1. The molecule has 0 unspecified atom stereocenters. The number of carbonyl (C=O) groups is 2. The number of rotatable bonds is 7. The van der Waals surface area contributed by atoms with E-state index in [1.807, 2.05) is 53.8 Å². The highest BCUT2D eigenvalue weighted by Crippen LogP contribution is 2.24. The van der Waals surface area contributed by atoms with E-state index in [2.05, 4.69) is 5.10 Å². The molecule has 1 aliphatic heterocycles. The van der Waals surface area contributed by atoms with Crippen molar-refractivity contribution in [3.05, 3.63) is 82.4 Å². The maximum absolute atomic E-state index is 13.5. The molecule has 0 spiro atoms. The Hall–Kier alpha value is -3.48. The third kappa shape index (κ3) is 5.78. The van der Waals surface area contributed by atoms with E-state index in [1.165, 1.54) is 13.2 Å². The molecule has 2 heterocycles. The van der Waals surface area contributed by atoms with E-state index >= 15 is 0 Å². The van der Waals surface area contributed by atoms with E-state index in [9.17, 15) is 14.0 Å². The number of carbonyl (C=O) groups excluding carboxylic acids is 2.